The summed E-state index contributed by atoms with van der Waals surface area (Å²) in [4.78, 5) is 33.9. The summed E-state index contributed by atoms with van der Waals surface area (Å²) in [5, 5.41) is 4.28. The van der Waals surface area contributed by atoms with Gasteiger partial charge in [0.1, 0.15) is 5.82 Å². The molecule has 0 saturated carbocycles. The second kappa shape index (κ2) is 7.92. The molecule has 8 heteroatoms. The number of hydrazone groups is 1. The van der Waals surface area contributed by atoms with Crippen molar-refractivity contribution in [1.29, 1.82) is 0 Å². The van der Waals surface area contributed by atoms with E-state index in [0.29, 0.717) is 16.7 Å². The number of hydrogen-bond donors (Lipinski definition) is 1. The van der Waals surface area contributed by atoms with Gasteiger partial charge in [0.15, 0.2) is 6.61 Å². The number of nitrogens with one attached hydrogen (secondary N) is 1. The highest BCUT2D eigenvalue weighted by Crippen LogP contribution is 2.09. The molecule has 3 rings (SSSR count). The van der Waals surface area contributed by atoms with Crippen LogP contribution in [0.1, 0.15) is 11.4 Å². The summed E-state index contributed by atoms with van der Waals surface area (Å²) in [5.74, 6) is -0.130. The number of para-hydroxylation sites is 1. The maximum absolute atomic E-state index is 12.4. The zero-order chi connectivity index (χ0) is 18.5. The Morgan fingerprint density at radius 3 is 2.92 bits per heavy atom. The number of nitrogens with zero attached hydrogens (tertiary/aromatic N) is 3. The zero-order valence-electron chi connectivity index (χ0n) is 13.8. The van der Waals surface area contributed by atoms with Crippen LogP contribution in [0.3, 0.4) is 0 Å². The number of benzene rings is 2. The first-order valence-electron chi connectivity index (χ1n) is 7.74. The smallest absolute Gasteiger partial charge is 0.294 e. The minimum atomic E-state index is -0.490. The van der Waals surface area contributed by atoms with Gasteiger partial charge >= 0.3 is 0 Å². The largest absolute Gasteiger partial charge is 0.399 e. The van der Waals surface area contributed by atoms with Crippen LogP contribution in [0.2, 0.25) is 0 Å². The Morgan fingerprint density at radius 2 is 2.12 bits per heavy atom. The summed E-state index contributed by atoms with van der Waals surface area (Å²) in [5.41, 5.74) is 3.40. The first-order valence-corrected chi connectivity index (χ1v) is 8.53. The zero-order valence-corrected chi connectivity index (χ0v) is 15.4. The van der Waals surface area contributed by atoms with E-state index in [1.165, 1.54) is 6.21 Å². The van der Waals surface area contributed by atoms with E-state index in [1.54, 1.807) is 31.2 Å². The number of hydrogen-bond acceptors (Lipinski definition) is 5. The van der Waals surface area contributed by atoms with Gasteiger partial charge in [-0.15, -0.1) is 4.73 Å². The lowest BCUT2D eigenvalue weighted by Crippen LogP contribution is -2.35. The Labute approximate surface area is 157 Å². The van der Waals surface area contributed by atoms with Crippen molar-refractivity contribution in [3.63, 3.8) is 0 Å². The molecular weight excluding hydrogens is 400 g/mol. The maximum Gasteiger partial charge on any atom is 0.294 e. The molecular formula is C18H15BrN4O3. The van der Waals surface area contributed by atoms with Crippen molar-refractivity contribution in [3.8, 4) is 0 Å². The predicted molar refractivity (Wildman–Crippen MR) is 102 cm³/mol. The van der Waals surface area contributed by atoms with E-state index in [4.69, 9.17) is 4.84 Å². The number of fused-ring (bicyclic) bond motifs is 1. The van der Waals surface area contributed by atoms with Crippen LogP contribution in [0.5, 0.6) is 0 Å². The Bertz CT molecular complexity index is 1050. The number of carbonyl (C=O) groups excluding carboxylic acids is 1. The lowest BCUT2D eigenvalue weighted by molar-refractivity contribution is -0.126. The van der Waals surface area contributed by atoms with Crippen molar-refractivity contribution in [2.45, 2.75) is 6.92 Å². The van der Waals surface area contributed by atoms with Gasteiger partial charge in [0.2, 0.25) is 0 Å². The molecule has 7 nitrogen and oxygen atoms in total. The fourth-order valence-corrected chi connectivity index (χ4v) is 2.72. The average molecular weight is 415 g/mol. The van der Waals surface area contributed by atoms with Crippen molar-refractivity contribution >= 4 is 39.0 Å². The van der Waals surface area contributed by atoms with Gasteiger partial charge in [-0.2, -0.15) is 5.10 Å². The fraction of sp³-hybridized carbons (Fsp3) is 0.111. The minimum Gasteiger partial charge on any atom is -0.399 e. The number of halogens is 1. The van der Waals surface area contributed by atoms with Crippen LogP contribution >= 0.6 is 15.9 Å². The van der Waals surface area contributed by atoms with Crippen LogP contribution in [0, 0.1) is 6.92 Å². The van der Waals surface area contributed by atoms with Gasteiger partial charge < -0.3 is 4.84 Å². The number of rotatable bonds is 5. The number of aryl methyl sites for hydroxylation is 1. The van der Waals surface area contributed by atoms with Gasteiger partial charge in [-0.1, -0.05) is 40.2 Å². The van der Waals surface area contributed by atoms with Crippen LogP contribution in [0.4, 0.5) is 0 Å². The molecule has 0 fully saturated rings. The Balaban J connectivity index is 1.64. The van der Waals surface area contributed by atoms with Gasteiger partial charge in [0.05, 0.1) is 17.1 Å². The van der Waals surface area contributed by atoms with Gasteiger partial charge in [-0.05, 0) is 36.8 Å². The molecule has 1 heterocycles. The van der Waals surface area contributed by atoms with E-state index in [9.17, 15) is 9.59 Å². The predicted octanol–water partition coefficient (Wildman–Crippen LogP) is 2.05. The van der Waals surface area contributed by atoms with Gasteiger partial charge in [-0.3, -0.25) is 9.59 Å². The van der Waals surface area contributed by atoms with Crippen molar-refractivity contribution < 1.29 is 9.63 Å². The SMILES string of the molecule is Cc1nc2ccccc2c(=O)n1OCC(=O)N/N=C\c1cccc(Br)c1. The molecule has 0 atom stereocenters. The van der Waals surface area contributed by atoms with Gasteiger partial charge in [-0.25, -0.2) is 10.4 Å². The third-order valence-electron chi connectivity index (χ3n) is 3.47. The lowest BCUT2D eigenvalue weighted by atomic mass is 10.2. The van der Waals surface area contributed by atoms with E-state index in [2.05, 4.69) is 31.4 Å². The standard InChI is InChI=1S/C18H15BrN4O3/c1-12-21-16-8-3-2-7-15(16)18(25)23(12)26-11-17(24)22-20-10-13-5-4-6-14(19)9-13/h2-10H,11H2,1H3,(H,22,24)/b20-10-. The summed E-state index contributed by atoms with van der Waals surface area (Å²) in [6.07, 6.45) is 1.51. The van der Waals surface area contributed by atoms with Crippen LogP contribution in [0.15, 0.2) is 62.9 Å². The molecule has 0 aliphatic carbocycles. The highest BCUT2D eigenvalue weighted by atomic mass is 79.9. The molecule has 26 heavy (non-hydrogen) atoms. The molecule has 0 radical (unpaired) electrons. The summed E-state index contributed by atoms with van der Waals surface area (Å²) in [7, 11) is 0. The van der Waals surface area contributed by atoms with Gasteiger partial charge in [0, 0.05) is 4.47 Å². The van der Waals surface area contributed by atoms with Crippen LogP contribution < -0.4 is 15.8 Å². The monoisotopic (exact) mass is 414 g/mol. The first-order chi connectivity index (χ1) is 12.5. The second-order valence-corrected chi connectivity index (χ2v) is 6.31. The highest BCUT2D eigenvalue weighted by Gasteiger charge is 2.10. The normalized spacial score (nSPS) is 11.0. The Morgan fingerprint density at radius 1 is 1.31 bits per heavy atom. The van der Waals surface area contributed by atoms with E-state index in [-0.39, 0.29) is 12.2 Å². The molecule has 132 valence electrons. The molecule has 0 aliphatic rings. The summed E-state index contributed by atoms with van der Waals surface area (Å²) >= 11 is 3.36. The Hall–Kier alpha value is -3.00. The maximum atomic E-state index is 12.4. The third-order valence-corrected chi connectivity index (χ3v) is 3.96. The lowest BCUT2D eigenvalue weighted by Gasteiger charge is -2.11. The molecule has 0 unspecified atom stereocenters. The van der Waals surface area contributed by atoms with E-state index >= 15 is 0 Å². The summed E-state index contributed by atoms with van der Waals surface area (Å²) in [6.45, 7) is 1.27. The summed E-state index contributed by atoms with van der Waals surface area (Å²) < 4.78 is 1.93. The molecule has 2 aromatic carbocycles. The average Bonchev–Trinajstić information content (AvgIpc) is 2.61. The van der Waals surface area contributed by atoms with Crippen molar-refractivity contribution in [2.24, 2.45) is 5.10 Å². The van der Waals surface area contributed by atoms with Crippen LogP contribution in [0.25, 0.3) is 10.9 Å². The first kappa shape index (κ1) is 17.8. The molecule has 0 bridgehead atoms. The molecule has 1 amide bonds. The molecule has 0 spiro atoms. The van der Waals surface area contributed by atoms with Crippen molar-refractivity contribution in [3.05, 3.63) is 74.7 Å². The molecule has 0 aliphatic heterocycles. The van der Waals surface area contributed by atoms with E-state index in [1.807, 2.05) is 24.3 Å². The van der Waals surface area contributed by atoms with Gasteiger partial charge in [0.25, 0.3) is 11.5 Å². The van der Waals surface area contributed by atoms with E-state index in [0.717, 1.165) is 14.8 Å². The number of carbonyl (C=O) groups is 1. The van der Waals surface area contributed by atoms with Crippen molar-refractivity contribution in [2.75, 3.05) is 6.61 Å². The van der Waals surface area contributed by atoms with Crippen LogP contribution in [-0.2, 0) is 4.79 Å². The molecule has 3 aromatic rings. The number of aromatic nitrogens is 2. The van der Waals surface area contributed by atoms with E-state index < -0.39 is 5.91 Å². The van der Waals surface area contributed by atoms with Crippen LogP contribution in [-0.4, -0.2) is 28.4 Å². The second-order valence-electron chi connectivity index (χ2n) is 5.40. The summed E-state index contributed by atoms with van der Waals surface area (Å²) in [6, 6.07) is 14.4. The Kier molecular flexibility index (Phi) is 5.43. The molecule has 1 aromatic heterocycles. The van der Waals surface area contributed by atoms with Crippen molar-refractivity contribution in [1.82, 2.24) is 15.1 Å². The topological polar surface area (TPSA) is 85.6 Å². The fourth-order valence-electron chi connectivity index (χ4n) is 2.30. The minimum absolute atomic E-state index is 0.360. The number of amides is 1. The highest BCUT2D eigenvalue weighted by molar-refractivity contribution is 9.10. The molecule has 0 saturated heterocycles. The molecule has 1 N–H and O–H groups in total. The quantitative estimate of drug-likeness (QED) is 0.511. The third kappa shape index (κ3) is 4.15.